The number of fused-ring (bicyclic) bond motifs is 5. The average molecular weight is 262 g/mol. The SMILES string of the molecule is c1ccc2c(c1)CNC1(C[C@@H]3c4ccccc4C[C@@H]31)N2. The summed E-state index contributed by atoms with van der Waals surface area (Å²) < 4.78 is 0. The van der Waals surface area contributed by atoms with Crippen LogP contribution in [0, 0.1) is 5.92 Å². The van der Waals surface area contributed by atoms with Gasteiger partial charge in [-0.25, -0.2) is 0 Å². The van der Waals surface area contributed by atoms with Crippen LogP contribution in [0.15, 0.2) is 48.5 Å². The Kier molecular flexibility index (Phi) is 1.99. The summed E-state index contributed by atoms with van der Waals surface area (Å²) in [7, 11) is 0. The van der Waals surface area contributed by atoms with Crippen molar-refractivity contribution in [3.8, 4) is 0 Å². The zero-order valence-corrected chi connectivity index (χ0v) is 11.4. The van der Waals surface area contributed by atoms with Gasteiger partial charge in [0.15, 0.2) is 0 Å². The molecule has 1 heterocycles. The van der Waals surface area contributed by atoms with E-state index in [1.165, 1.54) is 24.1 Å². The normalized spacial score (nSPS) is 32.8. The molecule has 1 spiro atoms. The van der Waals surface area contributed by atoms with E-state index in [-0.39, 0.29) is 5.66 Å². The second-order valence-electron chi connectivity index (χ2n) is 6.43. The van der Waals surface area contributed by atoms with Crippen molar-refractivity contribution in [2.45, 2.75) is 31.0 Å². The van der Waals surface area contributed by atoms with Crippen LogP contribution in [0.5, 0.6) is 0 Å². The van der Waals surface area contributed by atoms with Gasteiger partial charge in [0.25, 0.3) is 0 Å². The first-order chi connectivity index (χ1) is 9.86. The van der Waals surface area contributed by atoms with E-state index in [4.69, 9.17) is 0 Å². The maximum absolute atomic E-state index is 3.80. The first-order valence-corrected chi connectivity index (χ1v) is 7.55. The molecule has 1 unspecified atom stereocenters. The van der Waals surface area contributed by atoms with Crippen LogP contribution in [0.2, 0.25) is 0 Å². The van der Waals surface area contributed by atoms with Gasteiger partial charge in [0.2, 0.25) is 0 Å². The summed E-state index contributed by atoms with van der Waals surface area (Å²) >= 11 is 0. The van der Waals surface area contributed by atoms with Crippen LogP contribution in [0.25, 0.3) is 0 Å². The fourth-order valence-corrected chi connectivity index (χ4v) is 4.47. The van der Waals surface area contributed by atoms with Crippen molar-refractivity contribution in [3.05, 3.63) is 65.2 Å². The van der Waals surface area contributed by atoms with Gasteiger partial charge in [-0.2, -0.15) is 0 Å². The summed E-state index contributed by atoms with van der Waals surface area (Å²) in [6.45, 7) is 0.989. The molecule has 5 rings (SSSR count). The minimum absolute atomic E-state index is 0.123. The third kappa shape index (κ3) is 1.27. The predicted molar refractivity (Wildman–Crippen MR) is 80.6 cm³/mol. The molecule has 1 saturated carbocycles. The minimum atomic E-state index is 0.123. The van der Waals surface area contributed by atoms with Crippen LogP contribution in [0.1, 0.15) is 29.0 Å². The Bertz CT molecular complexity index is 693. The van der Waals surface area contributed by atoms with Crippen molar-refractivity contribution in [3.63, 3.8) is 0 Å². The highest BCUT2D eigenvalue weighted by Crippen LogP contribution is 2.57. The van der Waals surface area contributed by atoms with Gasteiger partial charge in [0.1, 0.15) is 0 Å². The number of hydrogen-bond acceptors (Lipinski definition) is 2. The summed E-state index contributed by atoms with van der Waals surface area (Å²) in [5, 5.41) is 7.59. The molecular formula is C18H18N2. The van der Waals surface area contributed by atoms with E-state index in [2.05, 4.69) is 59.2 Å². The molecule has 100 valence electrons. The van der Waals surface area contributed by atoms with E-state index in [0.29, 0.717) is 5.92 Å². The highest BCUT2D eigenvalue weighted by molar-refractivity contribution is 5.57. The monoisotopic (exact) mass is 262 g/mol. The van der Waals surface area contributed by atoms with Crippen LogP contribution in [0.4, 0.5) is 5.69 Å². The number of para-hydroxylation sites is 1. The first kappa shape index (κ1) is 10.9. The summed E-state index contributed by atoms with van der Waals surface area (Å²) in [6, 6.07) is 17.7. The Hall–Kier alpha value is -1.80. The Labute approximate surface area is 119 Å². The van der Waals surface area contributed by atoms with E-state index in [1.54, 1.807) is 11.1 Å². The zero-order valence-electron chi connectivity index (χ0n) is 11.4. The molecule has 3 aliphatic rings. The van der Waals surface area contributed by atoms with Crippen molar-refractivity contribution in [1.29, 1.82) is 0 Å². The van der Waals surface area contributed by atoms with Crippen LogP contribution in [-0.2, 0) is 13.0 Å². The van der Waals surface area contributed by atoms with E-state index in [1.807, 2.05) is 0 Å². The van der Waals surface area contributed by atoms with Gasteiger partial charge in [-0.15, -0.1) is 0 Å². The molecule has 0 bridgehead atoms. The second-order valence-corrected chi connectivity index (χ2v) is 6.43. The van der Waals surface area contributed by atoms with Gasteiger partial charge in [0.05, 0.1) is 5.66 Å². The molecule has 2 nitrogen and oxygen atoms in total. The summed E-state index contributed by atoms with van der Waals surface area (Å²) in [6.07, 6.45) is 2.42. The van der Waals surface area contributed by atoms with Crippen molar-refractivity contribution in [2.75, 3.05) is 5.32 Å². The van der Waals surface area contributed by atoms with Crippen LogP contribution in [-0.4, -0.2) is 5.66 Å². The molecule has 0 saturated heterocycles. The highest BCUT2D eigenvalue weighted by atomic mass is 15.2. The second kappa shape index (κ2) is 3.64. The lowest BCUT2D eigenvalue weighted by Gasteiger charge is -2.56. The standard InChI is InChI=1S/C18H18N2/c1-3-7-14-12(5-1)9-16-15(14)10-18(16)19-11-13-6-2-4-8-17(13)20-18/h1-8,15-16,19-20H,9-11H2/t15-,16+,18?/m1/s1. The third-order valence-corrected chi connectivity index (χ3v) is 5.52. The molecule has 2 N–H and O–H groups in total. The quantitative estimate of drug-likeness (QED) is 0.761. The van der Waals surface area contributed by atoms with E-state index in [9.17, 15) is 0 Å². The van der Waals surface area contributed by atoms with Gasteiger partial charge in [0, 0.05) is 18.2 Å². The molecular weight excluding hydrogens is 244 g/mol. The largest absolute Gasteiger partial charge is 0.367 e. The number of benzene rings is 2. The van der Waals surface area contributed by atoms with Gasteiger partial charge < -0.3 is 5.32 Å². The predicted octanol–water partition coefficient (Wildman–Crippen LogP) is 3.26. The van der Waals surface area contributed by atoms with Crippen molar-refractivity contribution < 1.29 is 0 Å². The maximum Gasteiger partial charge on any atom is 0.0928 e. The fraction of sp³-hybridized carbons (Fsp3) is 0.333. The molecule has 0 amide bonds. The highest BCUT2D eigenvalue weighted by Gasteiger charge is 2.58. The molecule has 2 aromatic rings. The van der Waals surface area contributed by atoms with Crippen LogP contribution >= 0.6 is 0 Å². The Morgan fingerprint density at radius 3 is 2.70 bits per heavy atom. The lowest BCUT2D eigenvalue weighted by atomic mass is 9.63. The lowest BCUT2D eigenvalue weighted by Crippen LogP contribution is -2.67. The van der Waals surface area contributed by atoms with E-state index >= 15 is 0 Å². The van der Waals surface area contributed by atoms with Crippen molar-refractivity contribution in [1.82, 2.24) is 5.32 Å². The van der Waals surface area contributed by atoms with Gasteiger partial charge in [-0.05, 0) is 41.5 Å². The average Bonchev–Trinajstić information content (AvgIpc) is 2.81. The number of nitrogens with one attached hydrogen (secondary N) is 2. The molecule has 1 fully saturated rings. The minimum Gasteiger partial charge on any atom is -0.367 e. The molecule has 2 aliphatic carbocycles. The maximum atomic E-state index is 3.80. The topological polar surface area (TPSA) is 24.1 Å². The van der Waals surface area contributed by atoms with Crippen LogP contribution in [0.3, 0.4) is 0 Å². The lowest BCUT2D eigenvalue weighted by molar-refractivity contribution is 0.0838. The molecule has 3 atom stereocenters. The smallest absolute Gasteiger partial charge is 0.0928 e. The summed E-state index contributed by atoms with van der Waals surface area (Å²) in [5.74, 6) is 1.45. The van der Waals surface area contributed by atoms with Gasteiger partial charge >= 0.3 is 0 Å². The zero-order chi connectivity index (χ0) is 13.2. The van der Waals surface area contributed by atoms with Crippen molar-refractivity contribution >= 4 is 5.69 Å². The number of anilines is 1. The Morgan fingerprint density at radius 2 is 1.75 bits per heavy atom. The van der Waals surface area contributed by atoms with Crippen molar-refractivity contribution in [2.24, 2.45) is 5.92 Å². The van der Waals surface area contributed by atoms with E-state index < -0.39 is 0 Å². The Balaban J connectivity index is 1.49. The first-order valence-electron chi connectivity index (χ1n) is 7.55. The number of hydrogen-bond donors (Lipinski definition) is 2. The molecule has 1 aliphatic heterocycles. The van der Waals surface area contributed by atoms with E-state index in [0.717, 1.165) is 12.5 Å². The third-order valence-electron chi connectivity index (χ3n) is 5.52. The molecule has 2 heteroatoms. The van der Waals surface area contributed by atoms with Crippen LogP contribution < -0.4 is 10.6 Å². The fourth-order valence-electron chi connectivity index (χ4n) is 4.47. The number of rotatable bonds is 0. The van der Waals surface area contributed by atoms with Gasteiger partial charge in [-0.3, -0.25) is 5.32 Å². The molecule has 20 heavy (non-hydrogen) atoms. The van der Waals surface area contributed by atoms with Gasteiger partial charge in [-0.1, -0.05) is 42.5 Å². The molecule has 0 radical (unpaired) electrons. The summed E-state index contributed by atoms with van der Waals surface area (Å²) in [4.78, 5) is 0. The summed E-state index contributed by atoms with van der Waals surface area (Å²) in [5.41, 5.74) is 5.98. The Morgan fingerprint density at radius 1 is 0.950 bits per heavy atom. The molecule has 0 aromatic heterocycles. The molecule has 2 aromatic carbocycles.